The van der Waals surface area contributed by atoms with Crippen molar-refractivity contribution in [3.63, 3.8) is 0 Å². The van der Waals surface area contributed by atoms with Crippen molar-refractivity contribution in [2.24, 2.45) is 29.6 Å². The summed E-state index contributed by atoms with van der Waals surface area (Å²) >= 11 is 0. The highest BCUT2D eigenvalue weighted by Crippen LogP contribution is 2.46. The van der Waals surface area contributed by atoms with Crippen molar-refractivity contribution in [1.29, 1.82) is 0 Å². The van der Waals surface area contributed by atoms with Crippen LogP contribution >= 0.6 is 0 Å². The van der Waals surface area contributed by atoms with Gasteiger partial charge in [-0.05, 0) is 93.0 Å². The minimum atomic E-state index is -3.46. The normalized spacial score (nSPS) is 29.9. The van der Waals surface area contributed by atoms with Crippen LogP contribution in [0.2, 0.25) is 0 Å². The molecule has 9 heteroatoms. The van der Waals surface area contributed by atoms with Crippen LogP contribution in [-0.4, -0.2) is 25.6 Å². The van der Waals surface area contributed by atoms with Crippen LogP contribution in [0.25, 0.3) is 11.1 Å². The molecule has 0 spiro atoms. The molecule has 2 aromatic rings. The van der Waals surface area contributed by atoms with E-state index in [0.29, 0.717) is 49.4 Å². The molecule has 0 amide bonds. The van der Waals surface area contributed by atoms with E-state index in [-0.39, 0.29) is 23.2 Å². The van der Waals surface area contributed by atoms with Gasteiger partial charge < -0.3 is 14.2 Å². The molecule has 220 valence electrons. The Hall–Kier alpha value is -2.26. The minimum Gasteiger partial charge on any atom is -0.432 e. The Kier molecular flexibility index (Phi) is 9.00. The Morgan fingerprint density at radius 2 is 1.38 bits per heavy atom. The maximum atomic E-state index is 15.1. The van der Waals surface area contributed by atoms with Gasteiger partial charge in [0.1, 0.15) is 17.4 Å². The third kappa shape index (κ3) is 6.62. The average molecular weight is 571 g/mol. The fourth-order valence-electron chi connectivity index (χ4n) is 6.61. The van der Waals surface area contributed by atoms with Gasteiger partial charge in [0.2, 0.25) is 0 Å². The Bertz CT molecular complexity index is 1130. The number of alkyl halides is 4. The zero-order valence-electron chi connectivity index (χ0n) is 22.6. The highest BCUT2D eigenvalue weighted by molar-refractivity contribution is 5.65. The van der Waals surface area contributed by atoms with E-state index in [4.69, 9.17) is 14.2 Å². The van der Waals surface area contributed by atoms with Crippen molar-refractivity contribution < 1.29 is 40.6 Å². The fraction of sp³-hybridized carbons (Fsp3) is 0.613. The molecule has 0 N–H and O–H groups in total. The van der Waals surface area contributed by atoms with E-state index in [0.717, 1.165) is 57.1 Å². The van der Waals surface area contributed by atoms with Crippen molar-refractivity contribution >= 4 is 0 Å². The summed E-state index contributed by atoms with van der Waals surface area (Å²) in [5.41, 5.74) is -0.857. The summed E-state index contributed by atoms with van der Waals surface area (Å²) in [6, 6.07) is 6.06. The van der Waals surface area contributed by atoms with E-state index in [1.165, 1.54) is 18.2 Å². The van der Waals surface area contributed by atoms with E-state index in [1.807, 2.05) is 0 Å². The molecule has 0 atom stereocenters. The second-order valence-electron chi connectivity index (χ2n) is 11.8. The molecule has 2 saturated carbocycles. The molecule has 5 rings (SSSR count). The van der Waals surface area contributed by atoms with E-state index in [1.54, 1.807) is 0 Å². The molecular weight excluding hydrogens is 534 g/mol. The summed E-state index contributed by atoms with van der Waals surface area (Å²) in [5.74, 6) is -1.61. The third-order valence-corrected chi connectivity index (χ3v) is 8.95. The van der Waals surface area contributed by atoms with Gasteiger partial charge in [-0.25, -0.2) is 17.6 Å². The van der Waals surface area contributed by atoms with Crippen LogP contribution in [0.15, 0.2) is 36.4 Å². The maximum Gasteiger partial charge on any atom is 0.400 e. The largest absolute Gasteiger partial charge is 0.432 e. The van der Waals surface area contributed by atoms with Gasteiger partial charge in [0, 0.05) is 23.5 Å². The first kappa shape index (κ1) is 29.2. The summed E-state index contributed by atoms with van der Waals surface area (Å²) in [7, 11) is 0. The SMILES string of the molecule is CC1COC(C2CCC(C3CCC(C(F)(F)Oc4ccc(-c5ccc(C(F)F)c(F)c5)c(F)c4)CC3)CC2)OC1. The number of rotatable bonds is 7. The minimum absolute atomic E-state index is 0.0263. The standard InChI is InChI=1S/C31H36F6O3/c1-18-16-38-30(39-17-18)21-4-2-19(3-5-21)20-6-9-23(10-7-20)31(36,37)40-24-11-13-25(28(33)15-24)22-8-12-26(29(34)35)27(32)14-22/h8,11-15,18-21,23,29-30H,2-7,9-10,16-17H2,1H3. The molecule has 3 fully saturated rings. The second-order valence-corrected chi connectivity index (χ2v) is 11.8. The highest BCUT2D eigenvalue weighted by atomic mass is 19.3. The predicted octanol–water partition coefficient (Wildman–Crippen LogP) is 9.16. The monoisotopic (exact) mass is 570 g/mol. The molecule has 0 radical (unpaired) electrons. The van der Waals surface area contributed by atoms with Gasteiger partial charge in [-0.15, -0.1) is 0 Å². The van der Waals surface area contributed by atoms with Crippen LogP contribution in [0.3, 0.4) is 0 Å². The maximum absolute atomic E-state index is 15.1. The molecule has 3 nitrogen and oxygen atoms in total. The molecule has 0 unspecified atom stereocenters. The molecule has 3 aliphatic rings. The first-order valence-electron chi connectivity index (χ1n) is 14.3. The molecule has 0 bridgehead atoms. The van der Waals surface area contributed by atoms with Crippen molar-refractivity contribution in [3.8, 4) is 16.9 Å². The number of ether oxygens (including phenoxy) is 3. The molecule has 1 aliphatic heterocycles. The van der Waals surface area contributed by atoms with Crippen LogP contribution in [0.1, 0.15) is 70.3 Å². The lowest BCUT2D eigenvalue weighted by atomic mass is 9.69. The summed E-state index contributed by atoms with van der Waals surface area (Å²) in [5, 5.41) is 0. The first-order chi connectivity index (χ1) is 19.1. The van der Waals surface area contributed by atoms with Gasteiger partial charge in [0.05, 0.1) is 24.7 Å². The molecule has 1 saturated heterocycles. The van der Waals surface area contributed by atoms with Gasteiger partial charge in [-0.3, -0.25) is 0 Å². The van der Waals surface area contributed by atoms with Gasteiger partial charge in [-0.2, -0.15) is 8.78 Å². The summed E-state index contributed by atoms with van der Waals surface area (Å²) in [4.78, 5) is 0. The fourth-order valence-corrected chi connectivity index (χ4v) is 6.61. The van der Waals surface area contributed by atoms with E-state index < -0.39 is 35.6 Å². The van der Waals surface area contributed by atoms with E-state index >= 15 is 8.78 Å². The van der Waals surface area contributed by atoms with Gasteiger partial charge >= 0.3 is 6.11 Å². The quantitative estimate of drug-likeness (QED) is 0.311. The van der Waals surface area contributed by atoms with Crippen molar-refractivity contribution in [2.75, 3.05) is 13.2 Å². The van der Waals surface area contributed by atoms with Gasteiger partial charge in [0.25, 0.3) is 6.43 Å². The van der Waals surface area contributed by atoms with Crippen LogP contribution in [-0.2, 0) is 9.47 Å². The third-order valence-electron chi connectivity index (χ3n) is 8.95. The molecular formula is C31H36F6O3. The summed E-state index contributed by atoms with van der Waals surface area (Å²) < 4.78 is 101. The lowest BCUT2D eigenvalue weighted by Gasteiger charge is -2.41. The number of halogens is 6. The van der Waals surface area contributed by atoms with Crippen LogP contribution < -0.4 is 4.74 Å². The van der Waals surface area contributed by atoms with Crippen LogP contribution in [0.5, 0.6) is 5.75 Å². The number of benzene rings is 2. The zero-order chi connectivity index (χ0) is 28.4. The molecule has 2 aliphatic carbocycles. The van der Waals surface area contributed by atoms with Gasteiger partial charge in [-0.1, -0.05) is 13.0 Å². The molecule has 40 heavy (non-hydrogen) atoms. The molecule has 1 heterocycles. The van der Waals surface area contributed by atoms with Crippen LogP contribution in [0.4, 0.5) is 26.3 Å². The number of hydrogen-bond acceptors (Lipinski definition) is 3. The van der Waals surface area contributed by atoms with E-state index in [9.17, 15) is 17.6 Å². The lowest BCUT2D eigenvalue weighted by Crippen LogP contribution is -2.40. The smallest absolute Gasteiger partial charge is 0.400 e. The molecule has 0 aromatic heterocycles. The first-order valence-corrected chi connectivity index (χ1v) is 14.3. The van der Waals surface area contributed by atoms with Crippen molar-refractivity contribution in [3.05, 3.63) is 53.6 Å². The zero-order valence-corrected chi connectivity index (χ0v) is 22.6. The Balaban J connectivity index is 1.13. The Morgan fingerprint density at radius 3 is 1.95 bits per heavy atom. The van der Waals surface area contributed by atoms with Crippen molar-refractivity contribution in [1.82, 2.24) is 0 Å². The Labute approximate surface area is 231 Å². The van der Waals surface area contributed by atoms with E-state index in [2.05, 4.69) is 6.92 Å². The predicted molar refractivity (Wildman–Crippen MR) is 138 cm³/mol. The van der Waals surface area contributed by atoms with Gasteiger partial charge in [0.15, 0.2) is 6.29 Å². The number of hydrogen-bond donors (Lipinski definition) is 0. The van der Waals surface area contributed by atoms with Crippen molar-refractivity contribution in [2.45, 2.75) is 77.1 Å². The summed E-state index contributed by atoms with van der Waals surface area (Å²) in [6.45, 7) is 3.58. The second kappa shape index (κ2) is 12.3. The highest BCUT2D eigenvalue weighted by Gasteiger charge is 2.45. The lowest BCUT2D eigenvalue weighted by molar-refractivity contribution is -0.229. The average Bonchev–Trinajstić information content (AvgIpc) is 2.93. The van der Waals surface area contributed by atoms with Crippen LogP contribution in [0, 0.1) is 41.2 Å². The summed E-state index contributed by atoms with van der Waals surface area (Å²) in [6.07, 6.45) is -0.299. The topological polar surface area (TPSA) is 27.7 Å². The molecule has 2 aromatic carbocycles. The Morgan fingerprint density at radius 1 is 0.775 bits per heavy atom.